The number of aryl methyl sites for hydroxylation is 1. The number of nitrogen functional groups attached to an aromatic ring is 1. The van der Waals surface area contributed by atoms with E-state index in [0.29, 0.717) is 22.9 Å². The second-order valence-electron chi connectivity index (χ2n) is 5.05. The average Bonchev–Trinajstić information content (AvgIpc) is 2.40. The van der Waals surface area contributed by atoms with Gasteiger partial charge in [-0.25, -0.2) is 4.79 Å². The predicted octanol–water partition coefficient (Wildman–Crippen LogP) is 3.57. The second kappa shape index (κ2) is 6.06. The maximum atomic E-state index is 11.4. The highest BCUT2D eigenvalue weighted by Gasteiger charge is 2.18. The molecule has 0 atom stereocenters. The van der Waals surface area contributed by atoms with E-state index in [4.69, 9.17) is 17.3 Å². The van der Waals surface area contributed by atoms with Gasteiger partial charge in [-0.15, -0.1) is 0 Å². The number of halogens is 1. The summed E-state index contributed by atoms with van der Waals surface area (Å²) in [4.78, 5) is 13.2. The van der Waals surface area contributed by atoms with Gasteiger partial charge >= 0.3 is 5.97 Å². The van der Waals surface area contributed by atoms with Gasteiger partial charge in [-0.1, -0.05) is 41.4 Å². The van der Waals surface area contributed by atoms with Crippen molar-refractivity contribution in [1.29, 1.82) is 0 Å². The fourth-order valence-electron chi connectivity index (χ4n) is 2.22. The van der Waals surface area contributed by atoms with E-state index in [1.165, 1.54) is 11.6 Å². The number of nitrogens with two attached hydrogens (primary N) is 1. The summed E-state index contributed by atoms with van der Waals surface area (Å²) in [5.74, 6) is -1.05. The van der Waals surface area contributed by atoms with Crippen LogP contribution >= 0.6 is 11.6 Å². The molecule has 0 spiro atoms. The molecule has 2 rings (SSSR count). The predicted molar refractivity (Wildman–Crippen MR) is 86.1 cm³/mol. The number of benzene rings is 2. The van der Waals surface area contributed by atoms with Gasteiger partial charge in [0.25, 0.3) is 0 Å². The molecule has 0 saturated carbocycles. The monoisotopic (exact) mass is 304 g/mol. The van der Waals surface area contributed by atoms with Crippen LogP contribution in [0.1, 0.15) is 21.5 Å². The van der Waals surface area contributed by atoms with Gasteiger partial charge in [0.15, 0.2) is 0 Å². The van der Waals surface area contributed by atoms with Gasteiger partial charge in [0.1, 0.15) is 0 Å². The summed E-state index contributed by atoms with van der Waals surface area (Å²) < 4.78 is 0. The zero-order chi connectivity index (χ0) is 15.6. The molecular weight excluding hydrogens is 288 g/mol. The van der Waals surface area contributed by atoms with Crippen LogP contribution in [0.5, 0.6) is 0 Å². The van der Waals surface area contributed by atoms with E-state index in [2.05, 4.69) is 0 Å². The van der Waals surface area contributed by atoms with Crippen LogP contribution in [0.2, 0.25) is 5.02 Å². The Morgan fingerprint density at radius 1 is 1.29 bits per heavy atom. The fourth-order valence-corrected chi connectivity index (χ4v) is 2.59. The molecule has 3 N–H and O–H groups in total. The molecule has 0 heterocycles. The SMILES string of the molecule is Cc1ccc(CN(C)c2c(Cl)cc(N)cc2C(=O)O)cc1. The zero-order valence-corrected chi connectivity index (χ0v) is 12.7. The van der Waals surface area contributed by atoms with Crippen molar-refractivity contribution in [3.63, 3.8) is 0 Å². The molecule has 0 radical (unpaired) electrons. The lowest BCUT2D eigenvalue weighted by Crippen LogP contribution is -2.20. The van der Waals surface area contributed by atoms with Crippen molar-refractivity contribution in [3.05, 3.63) is 58.1 Å². The number of hydrogen-bond donors (Lipinski definition) is 2. The van der Waals surface area contributed by atoms with Gasteiger partial charge in [0.05, 0.1) is 16.3 Å². The number of nitrogens with zero attached hydrogens (tertiary/aromatic N) is 1. The number of anilines is 2. The summed E-state index contributed by atoms with van der Waals surface area (Å²) in [6.45, 7) is 2.58. The maximum absolute atomic E-state index is 11.4. The van der Waals surface area contributed by atoms with Crippen LogP contribution in [-0.2, 0) is 6.54 Å². The third-order valence-electron chi connectivity index (χ3n) is 3.24. The molecule has 0 amide bonds. The van der Waals surface area contributed by atoms with Crippen molar-refractivity contribution < 1.29 is 9.90 Å². The Bertz CT molecular complexity index is 669. The van der Waals surface area contributed by atoms with Crippen LogP contribution < -0.4 is 10.6 Å². The van der Waals surface area contributed by atoms with Gasteiger partial charge in [0, 0.05) is 19.3 Å². The third-order valence-corrected chi connectivity index (χ3v) is 3.53. The van der Waals surface area contributed by atoms with Crippen LogP contribution in [0.15, 0.2) is 36.4 Å². The first-order valence-electron chi connectivity index (χ1n) is 6.47. The summed E-state index contributed by atoms with van der Waals surface area (Å²) in [6, 6.07) is 11.1. The molecule has 0 aromatic heterocycles. The van der Waals surface area contributed by atoms with Gasteiger partial charge in [-0.3, -0.25) is 0 Å². The minimum absolute atomic E-state index is 0.106. The fraction of sp³-hybridized carbons (Fsp3) is 0.188. The smallest absolute Gasteiger partial charge is 0.337 e. The van der Waals surface area contributed by atoms with Crippen LogP contribution in [0.25, 0.3) is 0 Å². The Kier molecular flexibility index (Phi) is 4.38. The van der Waals surface area contributed by atoms with Crippen molar-refractivity contribution in [1.82, 2.24) is 0 Å². The van der Waals surface area contributed by atoms with Gasteiger partial charge in [-0.05, 0) is 24.6 Å². The highest BCUT2D eigenvalue weighted by molar-refractivity contribution is 6.34. The van der Waals surface area contributed by atoms with E-state index in [-0.39, 0.29) is 5.56 Å². The van der Waals surface area contributed by atoms with Crippen LogP contribution in [0, 0.1) is 6.92 Å². The average molecular weight is 305 g/mol. The number of carboxylic acids is 1. The third kappa shape index (κ3) is 3.47. The molecule has 0 bridgehead atoms. The Hall–Kier alpha value is -2.20. The number of hydrogen-bond acceptors (Lipinski definition) is 3. The Morgan fingerprint density at radius 2 is 1.90 bits per heavy atom. The molecule has 5 heteroatoms. The van der Waals surface area contributed by atoms with Crippen molar-refractivity contribution in [2.75, 3.05) is 17.7 Å². The summed E-state index contributed by atoms with van der Waals surface area (Å²) >= 11 is 6.18. The molecule has 0 aliphatic heterocycles. The number of carboxylic acid groups (broad SMARTS) is 1. The summed E-state index contributed by atoms with van der Waals surface area (Å²) in [7, 11) is 1.81. The molecule has 4 nitrogen and oxygen atoms in total. The summed E-state index contributed by atoms with van der Waals surface area (Å²) in [5, 5.41) is 9.66. The first kappa shape index (κ1) is 15.2. The molecule has 0 fully saturated rings. The van der Waals surface area contributed by atoms with E-state index < -0.39 is 5.97 Å². The van der Waals surface area contributed by atoms with E-state index in [1.807, 2.05) is 43.1 Å². The molecule has 21 heavy (non-hydrogen) atoms. The van der Waals surface area contributed by atoms with Gasteiger partial charge in [0.2, 0.25) is 0 Å². The summed E-state index contributed by atoms with van der Waals surface area (Å²) in [6.07, 6.45) is 0. The number of aromatic carboxylic acids is 1. The Balaban J connectivity index is 2.36. The van der Waals surface area contributed by atoms with Crippen LogP contribution in [-0.4, -0.2) is 18.1 Å². The van der Waals surface area contributed by atoms with Gasteiger partial charge in [-0.2, -0.15) is 0 Å². The Labute approximate surface area is 128 Å². The number of carbonyl (C=O) groups is 1. The van der Waals surface area contributed by atoms with Crippen molar-refractivity contribution in [2.45, 2.75) is 13.5 Å². The van der Waals surface area contributed by atoms with Crippen molar-refractivity contribution in [3.8, 4) is 0 Å². The van der Waals surface area contributed by atoms with E-state index in [9.17, 15) is 9.90 Å². The minimum Gasteiger partial charge on any atom is -0.478 e. The van der Waals surface area contributed by atoms with E-state index in [1.54, 1.807) is 6.07 Å². The van der Waals surface area contributed by atoms with Crippen LogP contribution in [0.4, 0.5) is 11.4 Å². The lowest BCUT2D eigenvalue weighted by Gasteiger charge is -2.23. The van der Waals surface area contributed by atoms with Crippen LogP contribution in [0.3, 0.4) is 0 Å². The molecule has 110 valence electrons. The molecule has 0 saturated heterocycles. The van der Waals surface area contributed by atoms with Gasteiger partial charge < -0.3 is 15.7 Å². The quantitative estimate of drug-likeness (QED) is 0.848. The normalized spacial score (nSPS) is 10.4. The van der Waals surface area contributed by atoms with E-state index >= 15 is 0 Å². The first-order valence-corrected chi connectivity index (χ1v) is 6.85. The standard InChI is InChI=1S/C16H17ClN2O2/c1-10-3-5-11(6-4-10)9-19(2)15-13(16(20)21)7-12(18)8-14(15)17/h3-8H,9,18H2,1-2H3,(H,20,21). The Morgan fingerprint density at radius 3 is 2.48 bits per heavy atom. The molecule has 0 aliphatic rings. The molecule has 0 aliphatic carbocycles. The lowest BCUT2D eigenvalue weighted by atomic mass is 10.1. The number of rotatable bonds is 4. The zero-order valence-electron chi connectivity index (χ0n) is 11.9. The maximum Gasteiger partial charge on any atom is 0.337 e. The summed E-state index contributed by atoms with van der Waals surface area (Å²) in [5.41, 5.74) is 8.84. The minimum atomic E-state index is -1.05. The molecule has 0 unspecified atom stereocenters. The van der Waals surface area contributed by atoms with Crippen molar-refractivity contribution in [2.24, 2.45) is 0 Å². The highest BCUT2D eigenvalue weighted by Crippen LogP contribution is 2.32. The second-order valence-corrected chi connectivity index (χ2v) is 5.45. The molecule has 2 aromatic carbocycles. The largest absolute Gasteiger partial charge is 0.478 e. The highest BCUT2D eigenvalue weighted by atomic mass is 35.5. The topological polar surface area (TPSA) is 66.6 Å². The first-order chi connectivity index (χ1) is 9.88. The van der Waals surface area contributed by atoms with E-state index in [0.717, 1.165) is 5.56 Å². The molecular formula is C16H17ClN2O2. The molecule has 2 aromatic rings. The van der Waals surface area contributed by atoms with Crippen molar-refractivity contribution >= 4 is 28.9 Å². The lowest BCUT2D eigenvalue weighted by molar-refractivity contribution is 0.0697.